The van der Waals surface area contributed by atoms with Crippen LogP contribution in [0.25, 0.3) is 10.9 Å². The molecule has 5 nitrogen and oxygen atoms in total. The van der Waals surface area contributed by atoms with Gasteiger partial charge in [-0.15, -0.1) is 0 Å². The van der Waals surface area contributed by atoms with Crippen LogP contribution in [0.1, 0.15) is 27.2 Å². The predicted octanol–water partition coefficient (Wildman–Crippen LogP) is 2.48. The number of hydrogen-bond donors (Lipinski definition) is 1. The number of hydrogen-bond acceptors (Lipinski definition) is 4. The summed E-state index contributed by atoms with van der Waals surface area (Å²) in [4.78, 5) is 16.1. The number of nitrogens with zero attached hydrogens (tertiary/aromatic N) is 1. The van der Waals surface area contributed by atoms with Crippen LogP contribution in [0.2, 0.25) is 0 Å². The van der Waals surface area contributed by atoms with Crippen LogP contribution in [0.15, 0.2) is 41.4 Å². The van der Waals surface area contributed by atoms with E-state index in [1.54, 1.807) is 30.5 Å². The Balaban J connectivity index is 2.37. The molecule has 1 amide bonds. The number of rotatable bonds is 3. The van der Waals surface area contributed by atoms with Gasteiger partial charge in [-0.05, 0) is 29.7 Å². The van der Waals surface area contributed by atoms with Gasteiger partial charge in [0.05, 0.1) is 10.4 Å². The number of aromatic nitrogens is 1. The molecule has 0 bridgehead atoms. The van der Waals surface area contributed by atoms with Crippen LogP contribution in [0, 0.1) is 5.41 Å². The van der Waals surface area contributed by atoms with E-state index < -0.39 is 15.9 Å². The zero-order chi connectivity index (χ0) is 15.7. The van der Waals surface area contributed by atoms with E-state index in [-0.39, 0.29) is 16.7 Å². The average Bonchev–Trinajstić information content (AvgIpc) is 2.35. The number of carbonyl (C=O) groups excluding carboxylic acids is 1. The largest absolute Gasteiger partial charge is 0.274 e. The molecule has 0 spiro atoms. The standard InChI is InChI=1S/C15H18N2O3S/c1-15(2,3)10-14(18)17-21(19,20)13-8-4-7-12-11(13)6-5-9-16-12/h4-9H,10H2,1-3H3,(H,17,18). The van der Waals surface area contributed by atoms with Crippen molar-refractivity contribution in [2.24, 2.45) is 5.41 Å². The molecule has 1 aromatic heterocycles. The highest BCUT2D eigenvalue weighted by Crippen LogP contribution is 2.22. The Kier molecular flexibility index (Phi) is 4.00. The fourth-order valence-electron chi connectivity index (χ4n) is 2.03. The summed E-state index contributed by atoms with van der Waals surface area (Å²) in [6.45, 7) is 5.63. The van der Waals surface area contributed by atoms with Crippen LogP contribution in [0.4, 0.5) is 0 Å². The summed E-state index contributed by atoms with van der Waals surface area (Å²) in [5.74, 6) is -0.511. The van der Waals surface area contributed by atoms with Crippen molar-refractivity contribution in [3.63, 3.8) is 0 Å². The minimum absolute atomic E-state index is 0.0651. The molecule has 1 aromatic carbocycles. The summed E-state index contributed by atoms with van der Waals surface area (Å²) in [5, 5.41) is 0.496. The van der Waals surface area contributed by atoms with E-state index in [4.69, 9.17) is 0 Å². The van der Waals surface area contributed by atoms with Crippen molar-refractivity contribution in [2.45, 2.75) is 32.1 Å². The molecule has 6 heteroatoms. The SMILES string of the molecule is CC(C)(C)CC(=O)NS(=O)(=O)c1cccc2ncccc12. The van der Waals surface area contributed by atoms with Crippen molar-refractivity contribution in [3.8, 4) is 0 Å². The lowest BCUT2D eigenvalue weighted by molar-refractivity contribution is -0.121. The van der Waals surface area contributed by atoms with E-state index in [9.17, 15) is 13.2 Å². The van der Waals surface area contributed by atoms with E-state index in [1.165, 1.54) is 6.07 Å². The van der Waals surface area contributed by atoms with Crippen molar-refractivity contribution >= 4 is 26.8 Å². The van der Waals surface area contributed by atoms with Gasteiger partial charge in [-0.2, -0.15) is 0 Å². The number of fused-ring (bicyclic) bond motifs is 1. The highest BCUT2D eigenvalue weighted by Gasteiger charge is 2.23. The third-order valence-electron chi connectivity index (χ3n) is 2.83. The van der Waals surface area contributed by atoms with Crippen molar-refractivity contribution < 1.29 is 13.2 Å². The van der Waals surface area contributed by atoms with Gasteiger partial charge in [0.15, 0.2) is 0 Å². The molecule has 1 N–H and O–H groups in total. The van der Waals surface area contributed by atoms with E-state index in [1.807, 2.05) is 20.8 Å². The third-order valence-corrected chi connectivity index (χ3v) is 4.27. The summed E-state index contributed by atoms with van der Waals surface area (Å²) in [7, 11) is -3.90. The monoisotopic (exact) mass is 306 g/mol. The molecule has 0 fully saturated rings. The molecular formula is C15H18N2O3S. The van der Waals surface area contributed by atoms with Crippen LogP contribution in [0.5, 0.6) is 0 Å². The van der Waals surface area contributed by atoms with Gasteiger partial charge in [0.1, 0.15) is 0 Å². The number of carbonyl (C=O) groups is 1. The van der Waals surface area contributed by atoms with Gasteiger partial charge < -0.3 is 0 Å². The topological polar surface area (TPSA) is 76.1 Å². The van der Waals surface area contributed by atoms with Crippen molar-refractivity contribution in [1.82, 2.24) is 9.71 Å². The van der Waals surface area contributed by atoms with Gasteiger partial charge in [-0.1, -0.05) is 26.8 Å². The maximum absolute atomic E-state index is 12.4. The second-order valence-corrected chi connectivity index (χ2v) is 7.74. The molecule has 2 rings (SSSR count). The van der Waals surface area contributed by atoms with Gasteiger partial charge in [0.2, 0.25) is 5.91 Å². The lowest BCUT2D eigenvalue weighted by atomic mass is 9.92. The molecule has 1 heterocycles. The molecule has 0 unspecified atom stereocenters. The molecule has 2 aromatic rings. The van der Waals surface area contributed by atoms with Crippen molar-refractivity contribution in [2.75, 3.05) is 0 Å². The second-order valence-electron chi connectivity index (χ2n) is 6.09. The Labute approximate surface area is 124 Å². The Morgan fingerprint density at radius 2 is 1.90 bits per heavy atom. The fraction of sp³-hybridized carbons (Fsp3) is 0.333. The summed E-state index contributed by atoms with van der Waals surface area (Å²) in [6, 6.07) is 8.14. The maximum Gasteiger partial charge on any atom is 0.264 e. The fourth-order valence-corrected chi connectivity index (χ4v) is 3.23. The Morgan fingerprint density at radius 1 is 1.19 bits per heavy atom. The maximum atomic E-state index is 12.4. The molecule has 0 aliphatic carbocycles. The molecular weight excluding hydrogens is 288 g/mol. The summed E-state index contributed by atoms with van der Waals surface area (Å²) in [6.07, 6.45) is 1.73. The Hall–Kier alpha value is -1.95. The van der Waals surface area contributed by atoms with Gasteiger partial charge in [0, 0.05) is 18.0 Å². The first-order valence-electron chi connectivity index (χ1n) is 6.58. The summed E-state index contributed by atoms with van der Waals surface area (Å²) in [5.41, 5.74) is 0.295. The first kappa shape index (κ1) is 15.4. The van der Waals surface area contributed by atoms with Crippen LogP contribution in [-0.2, 0) is 14.8 Å². The second kappa shape index (κ2) is 5.44. The third kappa shape index (κ3) is 3.78. The molecule has 0 atom stereocenters. The van der Waals surface area contributed by atoms with Crippen LogP contribution >= 0.6 is 0 Å². The number of amides is 1. The first-order valence-corrected chi connectivity index (χ1v) is 8.07. The van der Waals surface area contributed by atoms with Crippen molar-refractivity contribution in [1.29, 1.82) is 0 Å². The molecule has 0 radical (unpaired) electrons. The minimum atomic E-state index is -3.90. The Morgan fingerprint density at radius 3 is 2.57 bits per heavy atom. The smallest absolute Gasteiger partial charge is 0.264 e. The molecule has 0 aliphatic heterocycles. The quantitative estimate of drug-likeness (QED) is 0.945. The zero-order valence-electron chi connectivity index (χ0n) is 12.3. The molecule has 112 valence electrons. The predicted molar refractivity (Wildman–Crippen MR) is 81.1 cm³/mol. The lowest BCUT2D eigenvalue weighted by Gasteiger charge is -2.17. The number of pyridine rings is 1. The van der Waals surface area contributed by atoms with Gasteiger partial charge in [-0.3, -0.25) is 9.78 Å². The molecule has 0 saturated heterocycles. The van der Waals surface area contributed by atoms with Crippen LogP contribution in [0.3, 0.4) is 0 Å². The average molecular weight is 306 g/mol. The van der Waals surface area contributed by atoms with Gasteiger partial charge >= 0.3 is 0 Å². The minimum Gasteiger partial charge on any atom is -0.274 e. The number of sulfonamides is 1. The van der Waals surface area contributed by atoms with Gasteiger partial charge in [-0.25, -0.2) is 13.1 Å². The van der Waals surface area contributed by atoms with Crippen LogP contribution in [-0.4, -0.2) is 19.3 Å². The molecule has 0 aliphatic rings. The van der Waals surface area contributed by atoms with Crippen molar-refractivity contribution in [3.05, 3.63) is 36.5 Å². The molecule has 21 heavy (non-hydrogen) atoms. The Bertz CT molecular complexity index is 772. The summed E-state index contributed by atoms with van der Waals surface area (Å²) < 4.78 is 26.9. The zero-order valence-corrected chi connectivity index (χ0v) is 13.1. The van der Waals surface area contributed by atoms with E-state index in [2.05, 4.69) is 9.71 Å². The van der Waals surface area contributed by atoms with Crippen LogP contribution < -0.4 is 4.72 Å². The summed E-state index contributed by atoms with van der Waals surface area (Å²) >= 11 is 0. The number of benzene rings is 1. The van der Waals surface area contributed by atoms with E-state index in [0.717, 1.165) is 0 Å². The normalized spacial score (nSPS) is 12.3. The highest BCUT2D eigenvalue weighted by atomic mass is 32.2. The van der Waals surface area contributed by atoms with E-state index in [0.29, 0.717) is 10.9 Å². The molecule has 0 saturated carbocycles. The van der Waals surface area contributed by atoms with Gasteiger partial charge in [0.25, 0.3) is 10.0 Å². The number of nitrogens with one attached hydrogen (secondary N) is 1. The van der Waals surface area contributed by atoms with E-state index >= 15 is 0 Å². The lowest BCUT2D eigenvalue weighted by Crippen LogP contribution is -2.33. The highest BCUT2D eigenvalue weighted by molar-refractivity contribution is 7.90. The first-order chi connectivity index (χ1) is 9.69.